The molecule has 0 saturated heterocycles. The van der Waals surface area contributed by atoms with Crippen molar-refractivity contribution in [2.24, 2.45) is 5.92 Å². The molecule has 78 valence electrons. The fraction of sp³-hybridized carbons (Fsp3) is 0.250. The third-order valence-corrected chi connectivity index (χ3v) is 3.34. The van der Waals surface area contributed by atoms with Gasteiger partial charge in [0, 0.05) is 21.6 Å². The molecule has 0 spiro atoms. The number of hydrogen-bond acceptors (Lipinski definition) is 3. The van der Waals surface area contributed by atoms with E-state index in [1.54, 1.807) is 17.8 Å². The number of anilines is 1. The van der Waals surface area contributed by atoms with Gasteiger partial charge in [-0.1, -0.05) is 37.7 Å². The number of hydrogen-bond donors (Lipinski definition) is 1. The van der Waals surface area contributed by atoms with Crippen LogP contribution in [0, 0.1) is 17.2 Å². The summed E-state index contributed by atoms with van der Waals surface area (Å²) in [5.74, 6) is 0.342. The van der Waals surface area contributed by atoms with Crippen molar-refractivity contribution >= 4 is 17.4 Å². The van der Waals surface area contributed by atoms with Gasteiger partial charge in [0.05, 0.1) is 6.07 Å². The van der Waals surface area contributed by atoms with Crippen LogP contribution in [0.15, 0.2) is 40.1 Å². The van der Waals surface area contributed by atoms with Crippen LogP contribution in [0.1, 0.15) is 13.8 Å². The van der Waals surface area contributed by atoms with Gasteiger partial charge in [0.1, 0.15) is 0 Å². The van der Waals surface area contributed by atoms with Crippen molar-refractivity contribution in [3.63, 3.8) is 0 Å². The average Bonchev–Trinajstić information content (AvgIpc) is 2.20. The molecule has 2 nitrogen and oxygen atoms in total. The summed E-state index contributed by atoms with van der Waals surface area (Å²) >= 11 is 1.56. The van der Waals surface area contributed by atoms with Crippen LogP contribution in [0.4, 0.5) is 5.69 Å². The van der Waals surface area contributed by atoms with Gasteiger partial charge in [-0.15, -0.1) is 0 Å². The lowest BCUT2D eigenvalue weighted by Crippen LogP contribution is -1.92. The van der Waals surface area contributed by atoms with Gasteiger partial charge in [-0.25, -0.2) is 0 Å². The molecule has 0 aliphatic carbocycles. The van der Waals surface area contributed by atoms with E-state index in [1.165, 1.54) is 0 Å². The summed E-state index contributed by atoms with van der Waals surface area (Å²) in [6, 6.07) is 9.75. The second-order valence-corrected chi connectivity index (χ2v) is 4.59. The quantitative estimate of drug-likeness (QED) is 0.480. The van der Waals surface area contributed by atoms with Crippen LogP contribution in [0.3, 0.4) is 0 Å². The number of allylic oxidation sites excluding steroid dienone is 2. The molecule has 0 saturated carbocycles. The maximum Gasteiger partial charge on any atom is 0.0920 e. The third kappa shape index (κ3) is 3.34. The number of benzene rings is 1. The zero-order chi connectivity index (χ0) is 11.3. The Morgan fingerprint density at radius 1 is 1.47 bits per heavy atom. The predicted molar refractivity (Wildman–Crippen MR) is 65.2 cm³/mol. The van der Waals surface area contributed by atoms with Gasteiger partial charge in [-0.05, 0) is 18.1 Å². The van der Waals surface area contributed by atoms with E-state index in [4.69, 9.17) is 11.0 Å². The largest absolute Gasteiger partial charge is 0.398 e. The Kier molecular flexibility index (Phi) is 4.26. The highest BCUT2D eigenvalue weighted by atomic mass is 32.2. The van der Waals surface area contributed by atoms with E-state index in [9.17, 15) is 0 Å². The first-order chi connectivity index (χ1) is 7.15. The molecule has 1 aromatic carbocycles. The molecule has 15 heavy (non-hydrogen) atoms. The van der Waals surface area contributed by atoms with Gasteiger partial charge in [-0.2, -0.15) is 5.26 Å². The van der Waals surface area contributed by atoms with Crippen LogP contribution in [-0.2, 0) is 0 Å². The third-order valence-electron chi connectivity index (χ3n) is 1.92. The molecule has 0 bridgehead atoms. The molecule has 0 heterocycles. The molecule has 0 fully saturated rings. The molecule has 0 aliphatic rings. The fourth-order valence-corrected chi connectivity index (χ4v) is 2.01. The number of nitrogens with two attached hydrogens (primary N) is 1. The number of para-hydroxylation sites is 1. The SMILES string of the molecule is CC(C)/C(=C\C#N)Sc1ccccc1N. The summed E-state index contributed by atoms with van der Waals surface area (Å²) < 4.78 is 0. The lowest BCUT2D eigenvalue weighted by Gasteiger charge is -2.10. The Labute approximate surface area is 94.8 Å². The van der Waals surface area contributed by atoms with Gasteiger partial charge >= 0.3 is 0 Å². The van der Waals surface area contributed by atoms with E-state index >= 15 is 0 Å². The molecular formula is C12H14N2S. The highest BCUT2D eigenvalue weighted by Gasteiger charge is 2.07. The number of nitrogen functional groups attached to an aromatic ring is 1. The van der Waals surface area contributed by atoms with Crippen LogP contribution < -0.4 is 5.73 Å². The summed E-state index contributed by atoms with van der Waals surface area (Å²) in [6.07, 6.45) is 1.59. The molecular weight excluding hydrogens is 204 g/mol. The summed E-state index contributed by atoms with van der Waals surface area (Å²) in [5, 5.41) is 8.66. The van der Waals surface area contributed by atoms with Gasteiger partial charge in [0.25, 0.3) is 0 Å². The van der Waals surface area contributed by atoms with Crippen molar-refractivity contribution in [3.8, 4) is 6.07 Å². The molecule has 0 aliphatic heterocycles. The van der Waals surface area contributed by atoms with Crippen LogP contribution in [0.5, 0.6) is 0 Å². The molecule has 3 heteroatoms. The molecule has 0 atom stereocenters. The van der Waals surface area contributed by atoms with Crippen LogP contribution >= 0.6 is 11.8 Å². The minimum Gasteiger partial charge on any atom is -0.398 e. The minimum atomic E-state index is 0.342. The normalized spacial score (nSPS) is 11.5. The van der Waals surface area contributed by atoms with E-state index in [0.717, 1.165) is 15.5 Å². The number of nitrogens with zero attached hydrogens (tertiary/aromatic N) is 1. The van der Waals surface area contributed by atoms with E-state index in [1.807, 2.05) is 24.3 Å². The van der Waals surface area contributed by atoms with Crippen molar-refractivity contribution in [3.05, 3.63) is 35.2 Å². The number of thioether (sulfide) groups is 1. The zero-order valence-electron chi connectivity index (χ0n) is 8.90. The summed E-state index contributed by atoms with van der Waals surface area (Å²) in [6.45, 7) is 4.13. The van der Waals surface area contributed by atoms with Gasteiger partial charge in [-0.3, -0.25) is 0 Å². The first-order valence-corrected chi connectivity index (χ1v) is 5.59. The topological polar surface area (TPSA) is 49.8 Å². The van der Waals surface area contributed by atoms with Gasteiger partial charge in [0.15, 0.2) is 0 Å². The van der Waals surface area contributed by atoms with E-state index in [-0.39, 0.29) is 0 Å². The predicted octanol–water partition coefficient (Wildman–Crippen LogP) is 3.42. The first-order valence-electron chi connectivity index (χ1n) is 4.77. The Balaban J connectivity index is 2.90. The average molecular weight is 218 g/mol. The Morgan fingerprint density at radius 2 is 2.13 bits per heavy atom. The monoisotopic (exact) mass is 218 g/mol. The Morgan fingerprint density at radius 3 is 2.67 bits per heavy atom. The molecule has 0 amide bonds. The highest BCUT2D eigenvalue weighted by Crippen LogP contribution is 2.34. The summed E-state index contributed by atoms with van der Waals surface area (Å²) in [5.41, 5.74) is 6.59. The maximum absolute atomic E-state index is 8.66. The Bertz CT molecular complexity index is 402. The van der Waals surface area contributed by atoms with Crippen LogP contribution in [0.25, 0.3) is 0 Å². The van der Waals surface area contributed by atoms with Crippen molar-refractivity contribution in [2.45, 2.75) is 18.7 Å². The van der Waals surface area contributed by atoms with Gasteiger partial charge < -0.3 is 5.73 Å². The number of nitriles is 1. The zero-order valence-corrected chi connectivity index (χ0v) is 9.71. The number of rotatable bonds is 3. The molecule has 0 unspecified atom stereocenters. The van der Waals surface area contributed by atoms with E-state index in [0.29, 0.717) is 5.92 Å². The lowest BCUT2D eigenvalue weighted by atomic mass is 10.2. The molecule has 2 N–H and O–H groups in total. The van der Waals surface area contributed by atoms with Gasteiger partial charge in [0.2, 0.25) is 0 Å². The summed E-state index contributed by atoms with van der Waals surface area (Å²) in [7, 11) is 0. The molecule has 0 aromatic heterocycles. The van der Waals surface area contributed by atoms with E-state index < -0.39 is 0 Å². The first kappa shape index (κ1) is 11.7. The van der Waals surface area contributed by atoms with Crippen LogP contribution in [0.2, 0.25) is 0 Å². The van der Waals surface area contributed by atoms with E-state index in [2.05, 4.69) is 19.9 Å². The summed E-state index contributed by atoms with van der Waals surface area (Å²) in [4.78, 5) is 2.04. The minimum absolute atomic E-state index is 0.342. The van der Waals surface area contributed by atoms with Crippen molar-refractivity contribution in [1.82, 2.24) is 0 Å². The van der Waals surface area contributed by atoms with Crippen molar-refractivity contribution in [2.75, 3.05) is 5.73 Å². The van der Waals surface area contributed by atoms with Crippen LogP contribution in [-0.4, -0.2) is 0 Å². The molecule has 0 radical (unpaired) electrons. The fourth-order valence-electron chi connectivity index (χ4n) is 1.08. The smallest absolute Gasteiger partial charge is 0.0920 e. The highest BCUT2D eigenvalue weighted by molar-refractivity contribution is 8.03. The van der Waals surface area contributed by atoms with Crippen molar-refractivity contribution < 1.29 is 0 Å². The molecule has 1 rings (SSSR count). The standard InChI is InChI=1S/C12H14N2S/c1-9(2)11(7-8-13)15-12-6-4-3-5-10(12)14/h3-7,9H,14H2,1-2H3/b11-7+. The maximum atomic E-state index is 8.66. The lowest BCUT2D eigenvalue weighted by molar-refractivity contribution is 0.817. The second kappa shape index (κ2) is 5.47. The molecule has 1 aromatic rings. The van der Waals surface area contributed by atoms with Crippen molar-refractivity contribution in [1.29, 1.82) is 5.26 Å². The second-order valence-electron chi connectivity index (χ2n) is 3.47. The Hall–Kier alpha value is -1.40.